The van der Waals surface area contributed by atoms with E-state index in [1.165, 1.54) is 5.56 Å². The molecule has 0 spiro atoms. The zero-order valence-corrected chi connectivity index (χ0v) is 11.7. The number of aromatic nitrogens is 1. The Morgan fingerprint density at radius 3 is 2.74 bits per heavy atom. The predicted octanol–water partition coefficient (Wildman–Crippen LogP) is 3.07. The maximum atomic E-state index is 11.9. The standard InChI is InChI=1S/C15H18N2O2/c1-5-19-15(18)12-8-17-13-10(3)9(2)6-7-11(13)14(12)16-4/h6-8H,5H2,1-4H3,(H,16,17). The second-order valence-corrected chi connectivity index (χ2v) is 4.42. The Balaban J connectivity index is 2.70. The van der Waals surface area contributed by atoms with Crippen LogP contribution in [0.5, 0.6) is 0 Å². The summed E-state index contributed by atoms with van der Waals surface area (Å²) in [6, 6.07) is 4.02. The molecule has 2 rings (SSSR count). The first-order valence-electron chi connectivity index (χ1n) is 6.34. The van der Waals surface area contributed by atoms with E-state index in [1.807, 2.05) is 19.1 Å². The number of fused-ring (bicyclic) bond motifs is 1. The van der Waals surface area contributed by atoms with Crippen molar-refractivity contribution >= 4 is 22.6 Å². The van der Waals surface area contributed by atoms with Crippen LogP contribution in [0.3, 0.4) is 0 Å². The number of pyridine rings is 1. The fourth-order valence-electron chi connectivity index (χ4n) is 2.14. The molecule has 0 bridgehead atoms. The molecule has 0 aliphatic carbocycles. The maximum absolute atomic E-state index is 11.9. The van der Waals surface area contributed by atoms with E-state index in [-0.39, 0.29) is 5.97 Å². The van der Waals surface area contributed by atoms with Crippen LogP contribution in [0.4, 0.5) is 5.69 Å². The quantitative estimate of drug-likeness (QED) is 0.860. The molecule has 1 aromatic heterocycles. The Morgan fingerprint density at radius 1 is 1.37 bits per heavy atom. The number of benzene rings is 1. The summed E-state index contributed by atoms with van der Waals surface area (Å²) in [5, 5.41) is 4.02. The highest BCUT2D eigenvalue weighted by Gasteiger charge is 2.16. The van der Waals surface area contributed by atoms with Gasteiger partial charge in [-0.15, -0.1) is 0 Å². The number of carbonyl (C=O) groups excluding carboxylic acids is 1. The molecule has 100 valence electrons. The van der Waals surface area contributed by atoms with Crippen molar-refractivity contribution in [2.75, 3.05) is 19.0 Å². The zero-order chi connectivity index (χ0) is 14.0. The van der Waals surface area contributed by atoms with Gasteiger partial charge >= 0.3 is 5.97 Å². The molecule has 0 aliphatic heterocycles. The summed E-state index contributed by atoms with van der Waals surface area (Å²) >= 11 is 0. The number of hydrogen-bond acceptors (Lipinski definition) is 4. The van der Waals surface area contributed by atoms with Gasteiger partial charge in [0.2, 0.25) is 0 Å². The van der Waals surface area contributed by atoms with E-state index in [0.29, 0.717) is 12.2 Å². The van der Waals surface area contributed by atoms with E-state index in [9.17, 15) is 4.79 Å². The molecule has 1 aromatic carbocycles. The van der Waals surface area contributed by atoms with E-state index in [0.717, 1.165) is 22.2 Å². The van der Waals surface area contributed by atoms with Crippen molar-refractivity contribution in [1.82, 2.24) is 4.98 Å². The third-order valence-electron chi connectivity index (χ3n) is 3.31. The molecule has 1 N–H and O–H groups in total. The van der Waals surface area contributed by atoms with Gasteiger partial charge in [-0.05, 0) is 31.9 Å². The van der Waals surface area contributed by atoms with Crippen molar-refractivity contribution in [2.24, 2.45) is 0 Å². The number of ether oxygens (including phenoxy) is 1. The second-order valence-electron chi connectivity index (χ2n) is 4.42. The third-order valence-corrected chi connectivity index (χ3v) is 3.31. The zero-order valence-electron chi connectivity index (χ0n) is 11.7. The number of anilines is 1. The summed E-state index contributed by atoms with van der Waals surface area (Å²) in [5.74, 6) is -0.348. The van der Waals surface area contributed by atoms with Gasteiger partial charge in [-0.3, -0.25) is 4.98 Å². The van der Waals surface area contributed by atoms with E-state index in [4.69, 9.17) is 4.74 Å². The topological polar surface area (TPSA) is 51.2 Å². The van der Waals surface area contributed by atoms with Crippen molar-refractivity contribution in [2.45, 2.75) is 20.8 Å². The molecule has 0 saturated heterocycles. The van der Waals surface area contributed by atoms with Gasteiger partial charge in [-0.1, -0.05) is 12.1 Å². The van der Waals surface area contributed by atoms with E-state index in [2.05, 4.69) is 17.2 Å². The van der Waals surface area contributed by atoms with Crippen LogP contribution in [0.2, 0.25) is 0 Å². The monoisotopic (exact) mass is 258 g/mol. The lowest BCUT2D eigenvalue weighted by Crippen LogP contribution is -2.09. The number of aryl methyl sites for hydroxylation is 2. The molecule has 0 fully saturated rings. The Labute approximate surface area is 112 Å². The second kappa shape index (κ2) is 5.26. The van der Waals surface area contributed by atoms with Gasteiger partial charge in [0.15, 0.2) is 0 Å². The number of carbonyl (C=O) groups is 1. The van der Waals surface area contributed by atoms with Gasteiger partial charge in [0.1, 0.15) is 5.56 Å². The average molecular weight is 258 g/mol. The molecule has 2 aromatic rings. The molecule has 0 atom stereocenters. The van der Waals surface area contributed by atoms with Crippen molar-refractivity contribution in [1.29, 1.82) is 0 Å². The highest BCUT2D eigenvalue weighted by molar-refractivity contribution is 6.05. The first kappa shape index (κ1) is 13.3. The Hall–Kier alpha value is -2.10. The summed E-state index contributed by atoms with van der Waals surface area (Å²) in [4.78, 5) is 16.3. The molecule has 19 heavy (non-hydrogen) atoms. The van der Waals surface area contributed by atoms with Crippen molar-refractivity contribution in [3.63, 3.8) is 0 Å². The summed E-state index contributed by atoms with van der Waals surface area (Å²) in [6.07, 6.45) is 1.58. The van der Waals surface area contributed by atoms with Crippen LogP contribution < -0.4 is 5.32 Å². The first-order chi connectivity index (χ1) is 9.10. The van der Waals surface area contributed by atoms with Crippen LogP contribution in [0, 0.1) is 13.8 Å². The fourth-order valence-corrected chi connectivity index (χ4v) is 2.14. The highest BCUT2D eigenvalue weighted by atomic mass is 16.5. The average Bonchev–Trinajstić information content (AvgIpc) is 2.41. The van der Waals surface area contributed by atoms with Crippen LogP contribution >= 0.6 is 0 Å². The predicted molar refractivity (Wildman–Crippen MR) is 76.7 cm³/mol. The molecular weight excluding hydrogens is 240 g/mol. The Morgan fingerprint density at radius 2 is 2.11 bits per heavy atom. The molecule has 0 aliphatic rings. The lowest BCUT2D eigenvalue weighted by atomic mass is 10.0. The van der Waals surface area contributed by atoms with Crippen LogP contribution in [-0.4, -0.2) is 24.6 Å². The smallest absolute Gasteiger partial charge is 0.341 e. The Kier molecular flexibility index (Phi) is 3.69. The lowest BCUT2D eigenvalue weighted by Gasteiger charge is -2.13. The minimum atomic E-state index is -0.348. The molecule has 0 unspecified atom stereocenters. The first-order valence-corrected chi connectivity index (χ1v) is 6.34. The SMILES string of the molecule is CCOC(=O)c1cnc2c(C)c(C)ccc2c1NC. The van der Waals surface area contributed by atoms with Gasteiger partial charge in [0.25, 0.3) is 0 Å². The highest BCUT2D eigenvalue weighted by Crippen LogP contribution is 2.29. The fraction of sp³-hybridized carbons (Fsp3) is 0.333. The number of hydrogen-bond donors (Lipinski definition) is 1. The van der Waals surface area contributed by atoms with E-state index in [1.54, 1.807) is 20.2 Å². The Bertz CT molecular complexity index is 636. The van der Waals surface area contributed by atoms with E-state index >= 15 is 0 Å². The number of nitrogens with zero attached hydrogens (tertiary/aromatic N) is 1. The molecule has 4 heteroatoms. The van der Waals surface area contributed by atoms with Crippen molar-refractivity contribution in [3.8, 4) is 0 Å². The third kappa shape index (κ3) is 2.26. The minimum absolute atomic E-state index is 0.348. The maximum Gasteiger partial charge on any atom is 0.341 e. The summed E-state index contributed by atoms with van der Waals surface area (Å²) in [6.45, 7) is 6.23. The van der Waals surface area contributed by atoms with Crippen LogP contribution in [0.15, 0.2) is 18.3 Å². The molecule has 0 saturated carbocycles. The minimum Gasteiger partial charge on any atom is -0.462 e. The van der Waals surface area contributed by atoms with Crippen molar-refractivity contribution in [3.05, 3.63) is 35.0 Å². The molecule has 0 radical (unpaired) electrons. The number of rotatable bonds is 3. The largest absolute Gasteiger partial charge is 0.462 e. The summed E-state index contributed by atoms with van der Waals surface area (Å²) < 4.78 is 5.05. The molecule has 1 heterocycles. The van der Waals surface area contributed by atoms with Crippen LogP contribution in [0.25, 0.3) is 10.9 Å². The van der Waals surface area contributed by atoms with Gasteiger partial charge < -0.3 is 10.1 Å². The number of esters is 1. The van der Waals surface area contributed by atoms with Crippen molar-refractivity contribution < 1.29 is 9.53 Å². The van der Waals surface area contributed by atoms with E-state index < -0.39 is 0 Å². The van der Waals surface area contributed by atoms with Gasteiger partial charge in [-0.2, -0.15) is 0 Å². The van der Waals surface area contributed by atoms with Gasteiger partial charge in [-0.25, -0.2) is 4.79 Å². The molecule has 4 nitrogen and oxygen atoms in total. The van der Waals surface area contributed by atoms with Crippen LogP contribution in [0.1, 0.15) is 28.4 Å². The normalized spacial score (nSPS) is 10.5. The van der Waals surface area contributed by atoms with Gasteiger partial charge in [0.05, 0.1) is 17.8 Å². The lowest BCUT2D eigenvalue weighted by molar-refractivity contribution is 0.0527. The van der Waals surface area contributed by atoms with Crippen LogP contribution in [-0.2, 0) is 4.74 Å². The number of nitrogens with one attached hydrogen (secondary N) is 1. The summed E-state index contributed by atoms with van der Waals surface area (Å²) in [7, 11) is 1.80. The summed E-state index contributed by atoms with van der Waals surface area (Å²) in [5.41, 5.74) is 4.47. The van der Waals surface area contributed by atoms with Gasteiger partial charge in [0, 0.05) is 18.6 Å². The molecular formula is C15H18N2O2. The molecule has 0 amide bonds.